The van der Waals surface area contributed by atoms with Crippen molar-refractivity contribution in [3.63, 3.8) is 0 Å². The monoisotopic (exact) mass is 226 g/mol. The second-order valence-electron chi connectivity index (χ2n) is 3.20. The maximum absolute atomic E-state index is 13.5. The number of nitrogens with one attached hydrogen (secondary N) is 1. The number of rotatable bonds is 4. The van der Waals surface area contributed by atoms with Gasteiger partial charge in [0.05, 0.1) is 6.07 Å². The van der Waals surface area contributed by atoms with E-state index in [1.165, 1.54) is 12.1 Å². The average molecular weight is 227 g/mol. The summed E-state index contributed by atoms with van der Waals surface area (Å²) in [5.74, 6) is -0.295. The molecule has 0 heterocycles. The maximum Gasteiger partial charge on any atom is 0.128 e. The van der Waals surface area contributed by atoms with Gasteiger partial charge in [-0.1, -0.05) is 11.6 Å². The minimum absolute atomic E-state index is 0.164. The Balaban J connectivity index is 2.91. The molecule has 0 saturated heterocycles. The number of hydrogen-bond acceptors (Lipinski definition) is 2. The Morgan fingerprint density at radius 2 is 2.33 bits per heavy atom. The van der Waals surface area contributed by atoms with Crippen molar-refractivity contribution in [3.8, 4) is 6.07 Å². The summed E-state index contributed by atoms with van der Waals surface area (Å²) in [7, 11) is 1.74. The maximum atomic E-state index is 13.5. The molecule has 15 heavy (non-hydrogen) atoms. The first kappa shape index (κ1) is 12.0. The lowest BCUT2D eigenvalue weighted by atomic mass is 10.0. The number of halogens is 2. The molecule has 2 nitrogen and oxygen atoms in total. The van der Waals surface area contributed by atoms with Gasteiger partial charge < -0.3 is 5.32 Å². The number of nitrogens with zero attached hydrogens (tertiary/aromatic N) is 1. The van der Waals surface area contributed by atoms with E-state index < -0.39 is 0 Å². The SMILES string of the molecule is CNC(CCC#N)c1cc(Cl)ccc1F. The van der Waals surface area contributed by atoms with E-state index in [2.05, 4.69) is 5.32 Å². The van der Waals surface area contributed by atoms with Gasteiger partial charge in [0.1, 0.15) is 5.82 Å². The van der Waals surface area contributed by atoms with E-state index in [1.54, 1.807) is 13.1 Å². The van der Waals surface area contributed by atoms with Crippen LogP contribution in [0.15, 0.2) is 18.2 Å². The van der Waals surface area contributed by atoms with E-state index in [0.717, 1.165) is 0 Å². The Bertz CT molecular complexity index is 373. The molecule has 1 aromatic carbocycles. The van der Waals surface area contributed by atoms with Crippen LogP contribution in [-0.2, 0) is 0 Å². The Kier molecular flexibility index (Phi) is 4.54. The Morgan fingerprint density at radius 1 is 1.60 bits per heavy atom. The van der Waals surface area contributed by atoms with Crippen molar-refractivity contribution in [3.05, 3.63) is 34.6 Å². The molecule has 1 unspecified atom stereocenters. The highest BCUT2D eigenvalue weighted by molar-refractivity contribution is 6.30. The number of benzene rings is 1. The molecule has 4 heteroatoms. The van der Waals surface area contributed by atoms with Gasteiger partial charge in [-0.25, -0.2) is 4.39 Å². The Hall–Kier alpha value is -1.11. The normalized spacial score (nSPS) is 12.1. The first-order valence-electron chi connectivity index (χ1n) is 4.68. The molecule has 0 aromatic heterocycles. The van der Waals surface area contributed by atoms with Crippen molar-refractivity contribution in [1.82, 2.24) is 5.32 Å². The molecule has 0 saturated carbocycles. The molecule has 0 radical (unpaired) electrons. The Labute approximate surface area is 93.7 Å². The van der Waals surface area contributed by atoms with E-state index in [4.69, 9.17) is 16.9 Å². The molecule has 0 bridgehead atoms. The molecular formula is C11H12ClFN2. The molecule has 1 rings (SSSR count). The van der Waals surface area contributed by atoms with Crippen molar-refractivity contribution in [2.75, 3.05) is 7.05 Å². The number of hydrogen-bond donors (Lipinski definition) is 1. The van der Waals surface area contributed by atoms with Crippen LogP contribution in [0.4, 0.5) is 4.39 Å². The largest absolute Gasteiger partial charge is 0.313 e. The second kappa shape index (κ2) is 5.69. The topological polar surface area (TPSA) is 35.8 Å². The molecule has 80 valence electrons. The molecule has 0 aliphatic heterocycles. The molecule has 0 spiro atoms. The van der Waals surface area contributed by atoms with Gasteiger partial charge in [0.2, 0.25) is 0 Å². The van der Waals surface area contributed by atoms with Crippen LogP contribution in [0.3, 0.4) is 0 Å². The van der Waals surface area contributed by atoms with Crippen LogP contribution in [0.1, 0.15) is 24.4 Å². The third-order valence-electron chi connectivity index (χ3n) is 2.23. The Morgan fingerprint density at radius 3 is 2.93 bits per heavy atom. The van der Waals surface area contributed by atoms with Crippen LogP contribution >= 0.6 is 11.6 Å². The van der Waals surface area contributed by atoms with Gasteiger partial charge in [-0.3, -0.25) is 0 Å². The predicted octanol–water partition coefficient (Wildman–Crippen LogP) is 3.04. The fourth-order valence-electron chi connectivity index (χ4n) is 1.45. The third kappa shape index (κ3) is 3.19. The molecule has 0 aliphatic rings. The highest BCUT2D eigenvalue weighted by atomic mass is 35.5. The lowest BCUT2D eigenvalue weighted by Gasteiger charge is -2.16. The zero-order valence-corrected chi connectivity index (χ0v) is 9.18. The zero-order chi connectivity index (χ0) is 11.3. The van der Waals surface area contributed by atoms with Crippen molar-refractivity contribution in [2.45, 2.75) is 18.9 Å². The average Bonchev–Trinajstić information content (AvgIpc) is 2.24. The first-order chi connectivity index (χ1) is 7.19. The fraction of sp³-hybridized carbons (Fsp3) is 0.364. The van der Waals surface area contributed by atoms with Crippen LogP contribution in [0, 0.1) is 17.1 Å². The summed E-state index contributed by atoms with van der Waals surface area (Å²) in [6.07, 6.45) is 0.960. The first-order valence-corrected chi connectivity index (χ1v) is 5.06. The van der Waals surface area contributed by atoms with Crippen LogP contribution in [-0.4, -0.2) is 7.05 Å². The second-order valence-corrected chi connectivity index (χ2v) is 3.64. The minimum atomic E-state index is -0.295. The molecule has 0 fully saturated rings. The van der Waals surface area contributed by atoms with Crippen LogP contribution in [0.25, 0.3) is 0 Å². The van der Waals surface area contributed by atoms with Gasteiger partial charge in [-0.05, 0) is 31.7 Å². The smallest absolute Gasteiger partial charge is 0.128 e. The quantitative estimate of drug-likeness (QED) is 0.857. The lowest BCUT2D eigenvalue weighted by molar-refractivity contribution is 0.513. The molecule has 0 amide bonds. The van der Waals surface area contributed by atoms with E-state index in [-0.39, 0.29) is 11.9 Å². The van der Waals surface area contributed by atoms with Gasteiger partial charge in [0, 0.05) is 23.0 Å². The minimum Gasteiger partial charge on any atom is -0.313 e. The third-order valence-corrected chi connectivity index (χ3v) is 2.46. The van der Waals surface area contributed by atoms with Crippen LogP contribution < -0.4 is 5.32 Å². The van der Waals surface area contributed by atoms with Gasteiger partial charge >= 0.3 is 0 Å². The van der Waals surface area contributed by atoms with Crippen molar-refractivity contribution >= 4 is 11.6 Å². The number of nitriles is 1. The van der Waals surface area contributed by atoms with E-state index >= 15 is 0 Å². The standard InChI is InChI=1S/C11H12ClFN2/c1-15-11(3-2-6-14)9-7-8(12)4-5-10(9)13/h4-5,7,11,15H,2-3H2,1H3. The zero-order valence-electron chi connectivity index (χ0n) is 8.43. The summed E-state index contributed by atoms with van der Waals surface area (Å²) in [5, 5.41) is 12.0. The van der Waals surface area contributed by atoms with Crippen molar-refractivity contribution in [2.24, 2.45) is 0 Å². The van der Waals surface area contributed by atoms with Gasteiger partial charge in [-0.15, -0.1) is 0 Å². The molecule has 1 atom stereocenters. The summed E-state index contributed by atoms with van der Waals surface area (Å²) in [6, 6.07) is 6.32. The molecular weight excluding hydrogens is 215 g/mol. The van der Waals surface area contributed by atoms with E-state index in [9.17, 15) is 4.39 Å². The molecule has 1 N–H and O–H groups in total. The van der Waals surface area contributed by atoms with Crippen molar-refractivity contribution < 1.29 is 4.39 Å². The van der Waals surface area contributed by atoms with Gasteiger partial charge in [0.25, 0.3) is 0 Å². The van der Waals surface area contributed by atoms with Gasteiger partial charge in [-0.2, -0.15) is 5.26 Å². The van der Waals surface area contributed by atoms with E-state index in [0.29, 0.717) is 23.4 Å². The fourth-order valence-corrected chi connectivity index (χ4v) is 1.63. The summed E-state index contributed by atoms with van der Waals surface area (Å²) < 4.78 is 13.5. The summed E-state index contributed by atoms with van der Waals surface area (Å²) in [5.41, 5.74) is 0.514. The van der Waals surface area contributed by atoms with Crippen LogP contribution in [0.2, 0.25) is 5.02 Å². The highest BCUT2D eigenvalue weighted by Crippen LogP contribution is 2.24. The summed E-state index contributed by atoms with van der Waals surface area (Å²) in [4.78, 5) is 0. The highest BCUT2D eigenvalue weighted by Gasteiger charge is 2.13. The van der Waals surface area contributed by atoms with E-state index in [1.807, 2.05) is 6.07 Å². The van der Waals surface area contributed by atoms with Crippen molar-refractivity contribution in [1.29, 1.82) is 5.26 Å². The molecule has 1 aromatic rings. The van der Waals surface area contributed by atoms with Crippen LogP contribution in [0.5, 0.6) is 0 Å². The molecule has 0 aliphatic carbocycles. The van der Waals surface area contributed by atoms with Gasteiger partial charge in [0.15, 0.2) is 0 Å². The lowest BCUT2D eigenvalue weighted by Crippen LogP contribution is -2.17. The summed E-state index contributed by atoms with van der Waals surface area (Å²) in [6.45, 7) is 0. The predicted molar refractivity (Wildman–Crippen MR) is 58.1 cm³/mol. The summed E-state index contributed by atoms with van der Waals surface area (Å²) >= 11 is 5.79.